The minimum atomic E-state index is -1.18. The number of hydrogen-bond acceptors (Lipinski definition) is 4. The van der Waals surface area contributed by atoms with Crippen LogP contribution >= 0.6 is 0 Å². The zero-order chi connectivity index (χ0) is 17.4. The average Bonchev–Trinajstić information content (AvgIpc) is 3.23. The lowest BCUT2D eigenvalue weighted by atomic mass is 10.0. The van der Waals surface area contributed by atoms with E-state index < -0.39 is 11.9 Å². The highest BCUT2D eigenvalue weighted by Crippen LogP contribution is 2.32. The largest absolute Gasteiger partial charge is 0.478 e. The maximum atomic E-state index is 13.6. The Balaban J connectivity index is 1.73. The highest BCUT2D eigenvalue weighted by molar-refractivity contribution is 5.93. The van der Waals surface area contributed by atoms with E-state index in [0.717, 1.165) is 5.39 Å². The summed E-state index contributed by atoms with van der Waals surface area (Å²) in [7, 11) is 0. The van der Waals surface area contributed by atoms with Gasteiger partial charge < -0.3 is 14.3 Å². The normalized spacial score (nSPS) is 10.9. The molecule has 0 fully saturated rings. The quantitative estimate of drug-likeness (QED) is 0.574. The highest BCUT2D eigenvalue weighted by atomic mass is 19.1. The zero-order valence-corrected chi connectivity index (χ0v) is 12.7. The fourth-order valence-electron chi connectivity index (χ4n) is 2.55. The molecule has 0 bridgehead atoms. The van der Waals surface area contributed by atoms with Crippen molar-refractivity contribution in [3.63, 3.8) is 0 Å². The topological polar surface area (TPSA) is 88.3 Å². The summed E-state index contributed by atoms with van der Waals surface area (Å²) in [5, 5.41) is 16.2. The van der Waals surface area contributed by atoms with Gasteiger partial charge in [-0.3, -0.25) is 5.10 Å². The van der Waals surface area contributed by atoms with Crippen LogP contribution in [0.2, 0.25) is 0 Å². The smallest absolute Gasteiger partial charge is 0.339 e. The molecule has 0 saturated carbocycles. The molecule has 0 saturated heterocycles. The second-order valence-corrected chi connectivity index (χ2v) is 5.33. The van der Waals surface area contributed by atoms with Gasteiger partial charge in [0.25, 0.3) is 0 Å². The third kappa shape index (κ3) is 2.72. The molecular weight excluding hydrogens is 327 g/mol. The number of carbonyl (C=O) groups is 1. The van der Waals surface area contributed by atoms with E-state index in [-0.39, 0.29) is 16.9 Å². The van der Waals surface area contributed by atoms with E-state index >= 15 is 0 Å². The lowest BCUT2D eigenvalue weighted by Gasteiger charge is -2.10. The molecule has 25 heavy (non-hydrogen) atoms. The number of nitrogens with zero attached hydrogens (tertiary/aromatic N) is 1. The van der Waals surface area contributed by atoms with Gasteiger partial charge in [-0.25, -0.2) is 4.79 Å². The second kappa shape index (κ2) is 5.79. The lowest BCUT2D eigenvalue weighted by molar-refractivity contribution is 0.0694. The van der Waals surface area contributed by atoms with Crippen LogP contribution in [0.3, 0.4) is 0 Å². The number of carboxylic acids is 1. The number of furan rings is 1. The van der Waals surface area contributed by atoms with Crippen LogP contribution in [0.1, 0.15) is 10.4 Å². The fourth-order valence-corrected chi connectivity index (χ4v) is 2.55. The molecule has 2 N–H and O–H groups in total. The zero-order valence-electron chi connectivity index (χ0n) is 12.7. The monoisotopic (exact) mass is 338 g/mol. The van der Waals surface area contributed by atoms with E-state index in [9.17, 15) is 14.3 Å². The first-order chi connectivity index (χ1) is 12.1. The van der Waals surface area contributed by atoms with Crippen molar-refractivity contribution < 1.29 is 23.4 Å². The molecule has 2 heterocycles. The van der Waals surface area contributed by atoms with Gasteiger partial charge in [0.1, 0.15) is 22.6 Å². The Kier molecular flexibility index (Phi) is 3.46. The van der Waals surface area contributed by atoms with Gasteiger partial charge in [0.2, 0.25) is 5.95 Å². The van der Waals surface area contributed by atoms with Crippen molar-refractivity contribution in [1.29, 1.82) is 0 Å². The van der Waals surface area contributed by atoms with Crippen LogP contribution in [0, 0.1) is 5.95 Å². The molecule has 0 atom stereocenters. The first-order valence-corrected chi connectivity index (χ1v) is 7.34. The van der Waals surface area contributed by atoms with Gasteiger partial charge in [0.15, 0.2) is 0 Å². The number of aromatic carboxylic acids is 1. The molecule has 0 amide bonds. The summed E-state index contributed by atoms with van der Waals surface area (Å²) in [5.74, 6) is -1.30. The van der Waals surface area contributed by atoms with Crippen LogP contribution in [0.15, 0.2) is 59.3 Å². The lowest BCUT2D eigenvalue weighted by Crippen LogP contribution is -2.00. The molecule has 0 aliphatic heterocycles. The Morgan fingerprint density at radius 2 is 2.08 bits per heavy atom. The molecule has 4 rings (SSSR count). The average molecular weight is 338 g/mol. The number of rotatable bonds is 4. The minimum absolute atomic E-state index is 0.0855. The van der Waals surface area contributed by atoms with Crippen molar-refractivity contribution in [2.45, 2.75) is 0 Å². The number of ether oxygens (including phenoxy) is 1. The molecular formula is C18H11FN2O4. The van der Waals surface area contributed by atoms with Crippen molar-refractivity contribution in [3.8, 4) is 22.6 Å². The maximum absolute atomic E-state index is 13.6. The first-order valence-electron chi connectivity index (χ1n) is 7.34. The molecule has 7 heteroatoms. The summed E-state index contributed by atoms with van der Waals surface area (Å²) in [6.07, 6.45) is 2.92. The van der Waals surface area contributed by atoms with Crippen molar-refractivity contribution >= 4 is 16.9 Å². The van der Waals surface area contributed by atoms with E-state index in [1.54, 1.807) is 24.5 Å². The SMILES string of the molecule is O=C(O)c1cc(-c2c[nH]nc2F)ccc1Oc1ccc2ccoc2c1. The number of nitrogens with one attached hydrogen (secondary N) is 1. The molecule has 6 nitrogen and oxygen atoms in total. The first kappa shape index (κ1) is 14.9. The number of aromatic amines is 1. The Morgan fingerprint density at radius 1 is 1.20 bits per heavy atom. The highest BCUT2D eigenvalue weighted by Gasteiger charge is 2.16. The third-order valence-electron chi connectivity index (χ3n) is 3.77. The Bertz CT molecular complexity index is 1080. The number of fused-ring (bicyclic) bond motifs is 1. The number of halogens is 1. The Labute approximate surface area is 140 Å². The van der Waals surface area contributed by atoms with Crippen LogP contribution in [-0.4, -0.2) is 21.3 Å². The van der Waals surface area contributed by atoms with Gasteiger partial charge in [-0.2, -0.15) is 4.39 Å². The second-order valence-electron chi connectivity index (χ2n) is 5.33. The number of benzene rings is 2. The van der Waals surface area contributed by atoms with Crippen molar-refractivity contribution in [1.82, 2.24) is 10.2 Å². The fraction of sp³-hybridized carbons (Fsp3) is 0. The number of carboxylic acid groups (broad SMARTS) is 1. The molecule has 0 aliphatic carbocycles. The van der Waals surface area contributed by atoms with E-state index in [4.69, 9.17) is 9.15 Å². The Hall–Kier alpha value is -3.61. The standard InChI is InChI=1S/C18H11FN2O4/c19-17-14(9-20-21-17)11-2-4-15(13(7-11)18(22)23)25-12-3-1-10-5-6-24-16(10)8-12/h1-9H,(H,20,21)(H,22,23). The molecule has 2 aromatic heterocycles. The van der Waals surface area contributed by atoms with E-state index in [0.29, 0.717) is 16.9 Å². The van der Waals surface area contributed by atoms with Gasteiger partial charge in [0, 0.05) is 17.6 Å². The summed E-state index contributed by atoms with van der Waals surface area (Å²) in [6.45, 7) is 0. The van der Waals surface area contributed by atoms with Gasteiger partial charge in [-0.15, -0.1) is 5.10 Å². The molecule has 0 spiro atoms. The molecule has 4 aromatic rings. The predicted octanol–water partition coefficient (Wildman–Crippen LogP) is 4.45. The molecule has 0 aliphatic rings. The van der Waals surface area contributed by atoms with Crippen LogP contribution in [0.5, 0.6) is 11.5 Å². The maximum Gasteiger partial charge on any atom is 0.339 e. The van der Waals surface area contributed by atoms with Gasteiger partial charge in [0.05, 0.1) is 11.8 Å². The molecule has 124 valence electrons. The van der Waals surface area contributed by atoms with Crippen molar-refractivity contribution in [3.05, 3.63) is 66.4 Å². The number of H-pyrrole nitrogens is 1. The van der Waals surface area contributed by atoms with Crippen molar-refractivity contribution in [2.24, 2.45) is 0 Å². The summed E-state index contributed by atoms with van der Waals surface area (Å²) < 4.78 is 24.6. The van der Waals surface area contributed by atoms with Gasteiger partial charge in [-0.05, 0) is 35.9 Å². The summed E-state index contributed by atoms with van der Waals surface area (Å²) in [4.78, 5) is 11.6. The Morgan fingerprint density at radius 3 is 2.84 bits per heavy atom. The molecule has 0 radical (unpaired) electrons. The van der Waals surface area contributed by atoms with Crippen LogP contribution in [-0.2, 0) is 0 Å². The third-order valence-corrected chi connectivity index (χ3v) is 3.77. The van der Waals surface area contributed by atoms with Crippen LogP contribution < -0.4 is 4.74 Å². The summed E-state index contributed by atoms with van der Waals surface area (Å²) >= 11 is 0. The van der Waals surface area contributed by atoms with E-state index in [1.165, 1.54) is 18.3 Å². The molecule has 0 unspecified atom stereocenters. The van der Waals surface area contributed by atoms with E-state index in [1.807, 2.05) is 12.1 Å². The van der Waals surface area contributed by atoms with Crippen LogP contribution in [0.4, 0.5) is 4.39 Å². The van der Waals surface area contributed by atoms with Gasteiger partial charge in [-0.1, -0.05) is 6.07 Å². The summed E-state index contributed by atoms with van der Waals surface area (Å²) in [6, 6.07) is 11.4. The molecule has 2 aromatic carbocycles. The number of aromatic nitrogens is 2. The van der Waals surface area contributed by atoms with E-state index in [2.05, 4.69) is 10.2 Å². The predicted molar refractivity (Wildman–Crippen MR) is 87.2 cm³/mol. The minimum Gasteiger partial charge on any atom is -0.478 e. The number of hydrogen-bond donors (Lipinski definition) is 2. The van der Waals surface area contributed by atoms with Crippen LogP contribution in [0.25, 0.3) is 22.1 Å². The van der Waals surface area contributed by atoms with Crippen molar-refractivity contribution in [2.75, 3.05) is 0 Å². The summed E-state index contributed by atoms with van der Waals surface area (Å²) in [5.41, 5.74) is 1.12. The van der Waals surface area contributed by atoms with Gasteiger partial charge >= 0.3 is 5.97 Å².